The molecule has 1 aromatic carbocycles. The Morgan fingerprint density at radius 2 is 2.04 bits per heavy atom. The summed E-state index contributed by atoms with van der Waals surface area (Å²) in [6, 6.07) is 8.38. The molecule has 27 heavy (non-hydrogen) atoms. The minimum atomic E-state index is -0.317. The molecule has 1 atom stereocenters. The lowest BCUT2D eigenvalue weighted by Gasteiger charge is -2.33. The third-order valence-electron chi connectivity index (χ3n) is 5.10. The van der Waals surface area contributed by atoms with Crippen LogP contribution in [0.2, 0.25) is 0 Å². The Bertz CT molecular complexity index is 954. The SMILES string of the molecule is Cc1cc(F)ccc1C(=O)N1CCCC(n2cnc(-c3ccncc3)c2)C1. The van der Waals surface area contributed by atoms with Crippen molar-refractivity contribution in [3.8, 4) is 11.3 Å². The molecule has 0 saturated carbocycles. The van der Waals surface area contributed by atoms with Crippen LogP contribution in [-0.2, 0) is 0 Å². The van der Waals surface area contributed by atoms with Crippen LogP contribution in [0.1, 0.15) is 34.8 Å². The molecule has 138 valence electrons. The van der Waals surface area contributed by atoms with Crippen LogP contribution < -0.4 is 0 Å². The summed E-state index contributed by atoms with van der Waals surface area (Å²) in [6.07, 6.45) is 9.28. The fraction of sp³-hybridized carbons (Fsp3) is 0.286. The van der Waals surface area contributed by atoms with E-state index in [1.54, 1.807) is 25.4 Å². The summed E-state index contributed by atoms with van der Waals surface area (Å²) >= 11 is 0. The van der Waals surface area contributed by atoms with E-state index in [0.717, 1.165) is 30.6 Å². The lowest BCUT2D eigenvalue weighted by Crippen LogP contribution is -2.40. The Balaban J connectivity index is 1.51. The number of piperidine rings is 1. The summed E-state index contributed by atoms with van der Waals surface area (Å²) in [5.41, 5.74) is 3.16. The number of aryl methyl sites for hydroxylation is 1. The highest BCUT2D eigenvalue weighted by Gasteiger charge is 2.26. The molecular weight excluding hydrogens is 343 g/mol. The number of rotatable bonds is 3. The van der Waals surface area contributed by atoms with E-state index < -0.39 is 0 Å². The average Bonchev–Trinajstić information content (AvgIpc) is 3.19. The lowest BCUT2D eigenvalue weighted by molar-refractivity contribution is 0.0678. The van der Waals surface area contributed by atoms with Crippen LogP contribution in [0, 0.1) is 12.7 Å². The Morgan fingerprint density at radius 3 is 2.81 bits per heavy atom. The van der Waals surface area contributed by atoms with Gasteiger partial charge in [-0.15, -0.1) is 0 Å². The molecule has 1 aliphatic rings. The summed E-state index contributed by atoms with van der Waals surface area (Å²) < 4.78 is 15.4. The molecule has 1 amide bonds. The van der Waals surface area contributed by atoms with E-state index in [2.05, 4.69) is 14.5 Å². The number of halogens is 1. The number of likely N-dealkylation sites (tertiary alicyclic amines) is 1. The predicted octanol–water partition coefficient (Wildman–Crippen LogP) is 3.87. The van der Waals surface area contributed by atoms with Crippen molar-refractivity contribution in [2.45, 2.75) is 25.8 Å². The summed E-state index contributed by atoms with van der Waals surface area (Å²) in [4.78, 5) is 23.3. The fourth-order valence-corrected chi connectivity index (χ4v) is 3.63. The molecule has 0 N–H and O–H groups in total. The molecule has 1 unspecified atom stereocenters. The molecule has 2 aromatic heterocycles. The third-order valence-corrected chi connectivity index (χ3v) is 5.10. The topological polar surface area (TPSA) is 51.0 Å². The zero-order valence-electron chi connectivity index (χ0n) is 15.2. The Labute approximate surface area is 157 Å². The molecule has 0 bridgehead atoms. The maximum Gasteiger partial charge on any atom is 0.254 e. The zero-order valence-corrected chi connectivity index (χ0v) is 15.2. The number of hydrogen-bond acceptors (Lipinski definition) is 3. The van der Waals surface area contributed by atoms with Crippen molar-refractivity contribution in [3.05, 3.63) is 72.2 Å². The molecule has 1 saturated heterocycles. The van der Waals surface area contributed by atoms with Crippen LogP contribution in [0.3, 0.4) is 0 Å². The largest absolute Gasteiger partial charge is 0.337 e. The molecule has 1 fully saturated rings. The lowest BCUT2D eigenvalue weighted by atomic mass is 10.0. The molecule has 6 heteroatoms. The molecule has 4 rings (SSSR count). The van der Waals surface area contributed by atoms with E-state index in [1.165, 1.54) is 12.1 Å². The van der Waals surface area contributed by atoms with Gasteiger partial charge in [0.1, 0.15) is 5.82 Å². The van der Waals surface area contributed by atoms with Crippen LogP contribution in [0.5, 0.6) is 0 Å². The fourth-order valence-electron chi connectivity index (χ4n) is 3.63. The van der Waals surface area contributed by atoms with E-state index in [4.69, 9.17) is 0 Å². The second-order valence-corrected chi connectivity index (χ2v) is 6.95. The number of carbonyl (C=O) groups is 1. The van der Waals surface area contributed by atoms with Crippen molar-refractivity contribution < 1.29 is 9.18 Å². The van der Waals surface area contributed by atoms with Gasteiger partial charge >= 0.3 is 0 Å². The Hall–Kier alpha value is -3.02. The van der Waals surface area contributed by atoms with E-state index in [0.29, 0.717) is 17.7 Å². The number of imidazole rings is 1. The molecule has 3 heterocycles. The van der Waals surface area contributed by atoms with Gasteiger partial charge in [-0.1, -0.05) is 0 Å². The van der Waals surface area contributed by atoms with Gasteiger partial charge in [-0.2, -0.15) is 0 Å². The highest BCUT2D eigenvalue weighted by atomic mass is 19.1. The second kappa shape index (κ2) is 7.31. The minimum absolute atomic E-state index is 0.0355. The first-order chi connectivity index (χ1) is 13.1. The molecule has 1 aliphatic heterocycles. The second-order valence-electron chi connectivity index (χ2n) is 6.95. The minimum Gasteiger partial charge on any atom is -0.337 e. The van der Waals surface area contributed by atoms with Crippen molar-refractivity contribution in [2.75, 3.05) is 13.1 Å². The molecule has 0 aliphatic carbocycles. The van der Waals surface area contributed by atoms with E-state index >= 15 is 0 Å². The first-order valence-electron chi connectivity index (χ1n) is 9.11. The number of hydrogen-bond donors (Lipinski definition) is 0. The van der Waals surface area contributed by atoms with Crippen molar-refractivity contribution in [2.24, 2.45) is 0 Å². The van der Waals surface area contributed by atoms with Gasteiger partial charge in [0, 0.05) is 42.8 Å². The van der Waals surface area contributed by atoms with Crippen LogP contribution in [0.15, 0.2) is 55.2 Å². The number of pyridine rings is 1. The predicted molar refractivity (Wildman–Crippen MR) is 101 cm³/mol. The quantitative estimate of drug-likeness (QED) is 0.709. The molecule has 0 spiro atoms. The number of benzene rings is 1. The summed E-state index contributed by atoms with van der Waals surface area (Å²) in [5.74, 6) is -0.352. The highest BCUT2D eigenvalue weighted by Crippen LogP contribution is 2.26. The van der Waals surface area contributed by atoms with Crippen molar-refractivity contribution in [3.63, 3.8) is 0 Å². The molecule has 5 nitrogen and oxygen atoms in total. The standard InChI is InChI=1S/C21H21FN4O/c1-15-11-17(22)4-5-19(15)21(27)25-10-2-3-18(12-25)26-13-20(24-14-26)16-6-8-23-9-7-16/h4-9,11,13-14,18H,2-3,10,12H2,1H3. The maximum absolute atomic E-state index is 13.3. The van der Waals surface area contributed by atoms with Gasteiger partial charge < -0.3 is 9.47 Å². The summed E-state index contributed by atoms with van der Waals surface area (Å²) in [7, 11) is 0. The summed E-state index contributed by atoms with van der Waals surface area (Å²) in [6.45, 7) is 3.12. The van der Waals surface area contributed by atoms with Crippen LogP contribution in [-0.4, -0.2) is 38.4 Å². The van der Waals surface area contributed by atoms with Gasteiger partial charge in [0.15, 0.2) is 0 Å². The van der Waals surface area contributed by atoms with E-state index in [1.807, 2.05) is 29.6 Å². The Kier molecular flexibility index (Phi) is 4.71. The van der Waals surface area contributed by atoms with Crippen molar-refractivity contribution in [1.29, 1.82) is 0 Å². The van der Waals surface area contributed by atoms with E-state index in [-0.39, 0.29) is 17.8 Å². The van der Waals surface area contributed by atoms with Crippen LogP contribution in [0.25, 0.3) is 11.3 Å². The average molecular weight is 364 g/mol. The van der Waals surface area contributed by atoms with Crippen molar-refractivity contribution in [1.82, 2.24) is 19.4 Å². The van der Waals surface area contributed by atoms with Crippen LogP contribution in [0.4, 0.5) is 4.39 Å². The molecule has 0 radical (unpaired) electrons. The van der Waals surface area contributed by atoms with Crippen molar-refractivity contribution >= 4 is 5.91 Å². The number of aromatic nitrogens is 3. The number of nitrogens with zero attached hydrogens (tertiary/aromatic N) is 4. The third kappa shape index (κ3) is 3.60. The molecular formula is C21H21FN4O. The maximum atomic E-state index is 13.3. The molecule has 3 aromatic rings. The van der Waals surface area contributed by atoms with E-state index in [9.17, 15) is 9.18 Å². The van der Waals surface area contributed by atoms with Gasteiger partial charge in [0.25, 0.3) is 5.91 Å². The zero-order chi connectivity index (χ0) is 18.8. The number of carbonyl (C=O) groups excluding carboxylic acids is 1. The van der Waals surface area contributed by atoms with Crippen LogP contribution >= 0.6 is 0 Å². The highest BCUT2D eigenvalue weighted by molar-refractivity contribution is 5.95. The van der Waals surface area contributed by atoms with Gasteiger partial charge in [-0.05, 0) is 55.7 Å². The smallest absolute Gasteiger partial charge is 0.254 e. The summed E-state index contributed by atoms with van der Waals surface area (Å²) in [5, 5.41) is 0. The first-order valence-corrected chi connectivity index (χ1v) is 9.11. The van der Waals surface area contributed by atoms with Gasteiger partial charge in [-0.25, -0.2) is 9.37 Å². The van der Waals surface area contributed by atoms with Gasteiger partial charge in [0.2, 0.25) is 0 Å². The Morgan fingerprint density at radius 1 is 1.22 bits per heavy atom. The van der Waals surface area contributed by atoms with Gasteiger partial charge in [-0.3, -0.25) is 9.78 Å². The number of amides is 1. The first kappa shape index (κ1) is 17.4. The normalized spacial score (nSPS) is 17.1. The van der Waals surface area contributed by atoms with Gasteiger partial charge in [0.05, 0.1) is 18.1 Å². The monoisotopic (exact) mass is 364 g/mol.